The molecule has 0 saturated carbocycles. The van der Waals surface area contributed by atoms with Crippen LogP contribution in [0.4, 0.5) is 6.01 Å². The Balaban J connectivity index is 1.33. The first-order valence-corrected chi connectivity index (χ1v) is 10.3. The Kier molecular flexibility index (Phi) is 3.68. The van der Waals surface area contributed by atoms with Crippen LogP contribution >= 0.6 is 0 Å². The van der Waals surface area contributed by atoms with E-state index < -0.39 is 0 Å². The van der Waals surface area contributed by atoms with E-state index in [4.69, 9.17) is 9.40 Å². The molecule has 2 aromatic carbocycles. The molecule has 148 valence electrons. The van der Waals surface area contributed by atoms with E-state index in [1.54, 1.807) is 4.68 Å². The topological polar surface area (TPSA) is 49.6 Å². The van der Waals surface area contributed by atoms with Crippen LogP contribution in [0.2, 0.25) is 0 Å². The van der Waals surface area contributed by atoms with Crippen LogP contribution in [-0.4, -0.2) is 39.8 Å². The van der Waals surface area contributed by atoms with E-state index in [0.717, 1.165) is 48.4 Å². The number of hydrazone groups is 1. The molecule has 2 aromatic heterocycles. The largest absolute Gasteiger partial charge is 0.423 e. The van der Waals surface area contributed by atoms with Crippen molar-refractivity contribution in [2.24, 2.45) is 5.10 Å². The van der Waals surface area contributed by atoms with Gasteiger partial charge in [0.1, 0.15) is 11.2 Å². The molecule has 30 heavy (non-hydrogen) atoms. The lowest BCUT2D eigenvalue weighted by molar-refractivity contribution is -0.448. The lowest BCUT2D eigenvalue weighted by Crippen LogP contribution is -2.35. The zero-order valence-corrected chi connectivity index (χ0v) is 16.9. The van der Waals surface area contributed by atoms with Crippen molar-refractivity contribution in [2.45, 2.75) is 19.9 Å². The summed E-state index contributed by atoms with van der Waals surface area (Å²) in [6.45, 7) is 8.60. The second-order valence-corrected chi connectivity index (χ2v) is 7.87. The van der Waals surface area contributed by atoms with Crippen LogP contribution in [0.3, 0.4) is 0 Å². The first-order chi connectivity index (χ1) is 14.7. The van der Waals surface area contributed by atoms with Crippen molar-refractivity contribution < 1.29 is 9.10 Å². The predicted molar refractivity (Wildman–Crippen MR) is 120 cm³/mol. The third kappa shape index (κ3) is 2.68. The van der Waals surface area contributed by atoms with Crippen molar-refractivity contribution >= 4 is 40.4 Å². The quantitative estimate of drug-likeness (QED) is 0.474. The molecule has 0 N–H and O–H groups in total. The number of anilines is 1. The maximum Gasteiger partial charge on any atom is 0.298 e. The number of nitrogens with zero attached hydrogens (tertiary/aromatic N) is 5. The van der Waals surface area contributed by atoms with E-state index in [0.29, 0.717) is 6.01 Å². The maximum atomic E-state index is 6.08. The van der Waals surface area contributed by atoms with E-state index in [2.05, 4.69) is 70.8 Å². The van der Waals surface area contributed by atoms with E-state index in [-0.39, 0.29) is 0 Å². The van der Waals surface area contributed by atoms with Gasteiger partial charge in [-0.25, -0.2) is 0 Å². The Morgan fingerprint density at radius 3 is 2.90 bits per heavy atom. The number of aromatic nitrogens is 2. The van der Waals surface area contributed by atoms with Crippen LogP contribution < -0.4 is 4.90 Å². The number of rotatable bonds is 3. The van der Waals surface area contributed by atoms with Crippen molar-refractivity contribution in [1.82, 2.24) is 9.55 Å². The fourth-order valence-electron chi connectivity index (χ4n) is 4.42. The Morgan fingerprint density at radius 2 is 2.00 bits per heavy atom. The summed E-state index contributed by atoms with van der Waals surface area (Å²) >= 11 is 0. The van der Waals surface area contributed by atoms with Crippen LogP contribution in [0.1, 0.15) is 13.3 Å². The van der Waals surface area contributed by atoms with Gasteiger partial charge in [0.25, 0.3) is 6.01 Å². The first kappa shape index (κ1) is 17.2. The molecule has 0 radical (unpaired) electrons. The van der Waals surface area contributed by atoms with E-state index >= 15 is 0 Å². The van der Waals surface area contributed by atoms with Gasteiger partial charge in [0.15, 0.2) is 12.3 Å². The minimum absolute atomic E-state index is 0.667. The molecule has 0 unspecified atom stereocenters. The van der Waals surface area contributed by atoms with Crippen molar-refractivity contribution in [3.05, 3.63) is 60.4 Å². The fraction of sp³-hybridized carbons (Fsp3) is 0.208. The summed E-state index contributed by atoms with van der Waals surface area (Å²) < 4.78 is 9.97. The summed E-state index contributed by atoms with van der Waals surface area (Å²) in [6.07, 6.45) is 4.99. The zero-order chi connectivity index (χ0) is 20.2. The highest BCUT2D eigenvalue weighted by atomic mass is 16.4. The summed E-state index contributed by atoms with van der Waals surface area (Å²) in [5, 5.41) is 5.68. The van der Waals surface area contributed by atoms with Crippen LogP contribution in [0.25, 0.3) is 33.1 Å². The third-order valence-corrected chi connectivity index (χ3v) is 6.00. The van der Waals surface area contributed by atoms with E-state index in [1.807, 2.05) is 12.3 Å². The van der Waals surface area contributed by atoms with Gasteiger partial charge >= 0.3 is 0 Å². The normalized spacial score (nSPS) is 16.3. The number of aryl methyl sites for hydroxylation is 1. The molecule has 2 aliphatic heterocycles. The Labute approximate surface area is 174 Å². The summed E-state index contributed by atoms with van der Waals surface area (Å²) in [4.78, 5) is 6.96. The molecule has 0 aliphatic carbocycles. The van der Waals surface area contributed by atoms with Gasteiger partial charge in [-0.1, -0.05) is 16.8 Å². The Bertz CT molecular complexity index is 1390. The van der Waals surface area contributed by atoms with Crippen molar-refractivity contribution in [2.75, 3.05) is 18.0 Å². The van der Waals surface area contributed by atoms with E-state index in [9.17, 15) is 0 Å². The summed E-state index contributed by atoms with van der Waals surface area (Å²) in [6, 6.07) is 15.7. The fourth-order valence-corrected chi connectivity index (χ4v) is 4.42. The highest BCUT2D eigenvalue weighted by Gasteiger charge is 2.30. The number of piperidine rings is 1. The zero-order valence-electron chi connectivity index (χ0n) is 16.9. The van der Waals surface area contributed by atoms with Gasteiger partial charge < -0.3 is 13.9 Å². The van der Waals surface area contributed by atoms with Gasteiger partial charge in [0.05, 0.1) is 12.1 Å². The molecule has 2 aliphatic rings. The molecule has 6 rings (SSSR count). The molecule has 0 bridgehead atoms. The molecule has 6 heteroatoms. The van der Waals surface area contributed by atoms with Gasteiger partial charge in [0.2, 0.25) is 6.20 Å². The number of oxazole rings is 1. The number of benzene rings is 2. The molecule has 0 spiro atoms. The minimum atomic E-state index is 0.667. The van der Waals surface area contributed by atoms with E-state index in [1.165, 1.54) is 22.0 Å². The number of hydrogen-bond acceptors (Lipinski definition) is 4. The molecule has 0 amide bonds. The molecule has 0 atom stereocenters. The average molecular weight is 396 g/mol. The number of hydrogen-bond donors (Lipinski definition) is 0. The summed E-state index contributed by atoms with van der Waals surface area (Å²) in [5.41, 5.74) is 7.60. The summed E-state index contributed by atoms with van der Waals surface area (Å²) in [7, 11) is 0. The predicted octanol–water partition coefficient (Wildman–Crippen LogP) is 4.65. The van der Waals surface area contributed by atoms with Gasteiger partial charge in [-0.05, 0) is 48.4 Å². The maximum absolute atomic E-state index is 6.08. The Hall–Kier alpha value is -3.67. The first-order valence-electron chi connectivity index (χ1n) is 10.3. The summed E-state index contributed by atoms with van der Waals surface area (Å²) in [5.74, 6) is 0. The van der Waals surface area contributed by atoms with Gasteiger partial charge in [-0.15, -0.1) is 0 Å². The molecular weight excluding hydrogens is 374 g/mol. The Morgan fingerprint density at radius 1 is 1.13 bits per heavy atom. The molecule has 6 nitrogen and oxygen atoms in total. The lowest BCUT2D eigenvalue weighted by Gasteiger charge is -2.24. The van der Waals surface area contributed by atoms with Gasteiger partial charge in [-0.2, -0.15) is 4.98 Å². The average Bonchev–Trinajstić information content (AvgIpc) is 3.46. The lowest BCUT2D eigenvalue weighted by atomic mass is 10.0. The second kappa shape index (κ2) is 6.42. The molecule has 1 fully saturated rings. The SMILES string of the molecule is C=[N+]1C=C2CN(c3nc4cc(-c5ccc6c(ccn6CC)c5)ccc4o3)CCC2=N1. The van der Waals surface area contributed by atoms with Crippen LogP contribution in [-0.2, 0) is 6.54 Å². The van der Waals surface area contributed by atoms with Crippen molar-refractivity contribution in [3.63, 3.8) is 0 Å². The monoisotopic (exact) mass is 396 g/mol. The molecule has 4 aromatic rings. The second-order valence-electron chi connectivity index (χ2n) is 7.87. The van der Waals surface area contributed by atoms with Crippen LogP contribution in [0.15, 0.2) is 70.0 Å². The minimum Gasteiger partial charge on any atom is -0.423 e. The standard InChI is InChI=1S/C24H22N5O/c1-3-28-10-8-18-12-16(4-6-22(18)28)17-5-7-23-21(13-17)25-24(30-23)29-11-9-20-19(15-29)14-27(2)26-20/h4-8,10,12-14H,2-3,9,11,15H2,1H3/q+1. The van der Waals surface area contributed by atoms with Crippen molar-refractivity contribution in [3.8, 4) is 11.1 Å². The molecule has 1 saturated heterocycles. The van der Waals surface area contributed by atoms with Crippen LogP contribution in [0, 0.1) is 0 Å². The van der Waals surface area contributed by atoms with Crippen molar-refractivity contribution in [1.29, 1.82) is 0 Å². The molecular formula is C24H22N5O+. The number of fused-ring (bicyclic) bond motifs is 3. The molecule has 4 heterocycles. The third-order valence-electron chi connectivity index (χ3n) is 6.00. The highest BCUT2D eigenvalue weighted by molar-refractivity contribution is 6.02. The highest BCUT2D eigenvalue weighted by Crippen LogP contribution is 2.31. The smallest absolute Gasteiger partial charge is 0.298 e. The van der Waals surface area contributed by atoms with Gasteiger partial charge in [-0.3, -0.25) is 0 Å². The van der Waals surface area contributed by atoms with Crippen LogP contribution in [0.5, 0.6) is 0 Å². The van der Waals surface area contributed by atoms with Gasteiger partial charge in [0, 0.05) is 41.7 Å².